The van der Waals surface area contributed by atoms with Crippen LogP contribution in [0.5, 0.6) is 5.75 Å². The normalized spacial score (nSPS) is 11.2. The lowest BCUT2D eigenvalue weighted by molar-refractivity contribution is -0.179. The van der Waals surface area contributed by atoms with Gasteiger partial charge in [-0.1, -0.05) is 0 Å². The average molecular weight is 216 g/mol. The molecule has 0 saturated heterocycles. The summed E-state index contributed by atoms with van der Waals surface area (Å²) in [4.78, 5) is 11.2. The molecule has 0 amide bonds. The van der Waals surface area contributed by atoms with Gasteiger partial charge in [0.15, 0.2) is 0 Å². The number of halogens is 2. The smallest absolute Gasteiger partial charge is 0.420 e. The summed E-state index contributed by atoms with van der Waals surface area (Å²) in [6.45, 7) is 0. The molecule has 0 heterocycles. The molecular weight excluding hydrogens is 206 g/mol. The first-order chi connectivity index (χ1) is 7.01. The highest BCUT2D eigenvalue weighted by atomic mass is 19.3. The molecule has 0 aromatic heterocycles. The van der Waals surface area contributed by atoms with Gasteiger partial charge in [0.05, 0.1) is 7.11 Å². The first-order valence-corrected chi connectivity index (χ1v) is 4.13. The second-order valence-corrected chi connectivity index (χ2v) is 2.78. The quantitative estimate of drug-likeness (QED) is 0.723. The van der Waals surface area contributed by atoms with Crippen molar-refractivity contribution >= 4 is 5.78 Å². The number of hydrogen-bond donors (Lipinski definition) is 0. The number of methoxy groups -OCH3 is 2. The van der Waals surface area contributed by atoms with Crippen molar-refractivity contribution < 1.29 is 23.0 Å². The van der Waals surface area contributed by atoms with E-state index in [9.17, 15) is 13.6 Å². The van der Waals surface area contributed by atoms with Crippen LogP contribution in [0.15, 0.2) is 24.3 Å². The maximum atomic E-state index is 12.8. The van der Waals surface area contributed by atoms with E-state index in [4.69, 9.17) is 4.74 Å². The number of ketones is 1. The Morgan fingerprint density at radius 1 is 1.20 bits per heavy atom. The molecule has 0 aliphatic rings. The van der Waals surface area contributed by atoms with E-state index in [1.54, 1.807) is 0 Å². The van der Waals surface area contributed by atoms with E-state index in [1.165, 1.54) is 31.4 Å². The number of Topliss-reactive ketones (excluding diaryl/α,β-unsaturated/α-hetero) is 1. The molecular formula is C10H10F2O3. The molecule has 82 valence electrons. The summed E-state index contributed by atoms with van der Waals surface area (Å²) < 4.78 is 34.3. The minimum absolute atomic E-state index is 0.123. The van der Waals surface area contributed by atoms with Crippen LogP contribution in [0, 0.1) is 0 Å². The van der Waals surface area contributed by atoms with Gasteiger partial charge in [0.2, 0.25) is 0 Å². The summed E-state index contributed by atoms with van der Waals surface area (Å²) in [6, 6.07) is 5.38. The van der Waals surface area contributed by atoms with Gasteiger partial charge in [-0.3, -0.25) is 4.79 Å². The zero-order valence-electron chi connectivity index (χ0n) is 8.29. The van der Waals surface area contributed by atoms with Gasteiger partial charge in [0, 0.05) is 12.7 Å². The molecule has 0 N–H and O–H groups in total. The Morgan fingerprint density at radius 3 is 2.13 bits per heavy atom. The molecule has 0 atom stereocenters. The number of ether oxygens (including phenoxy) is 2. The van der Waals surface area contributed by atoms with Crippen LogP contribution in [0.4, 0.5) is 8.78 Å². The van der Waals surface area contributed by atoms with E-state index >= 15 is 0 Å². The molecule has 0 aliphatic carbocycles. The Kier molecular flexibility index (Phi) is 3.36. The van der Waals surface area contributed by atoms with Crippen molar-refractivity contribution in [2.75, 3.05) is 14.2 Å². The van der Waals surface area contributed by atoms with Crippen molar-refractivity contribution in [2.24, 2.45) is 0 Å². The molecule has 0 radical (unpaired) electrons. The maximum Gasteiger partial charge on any atom is 0.420 e. The van der Waals surface area contributed by atoms with Gasteiger partial charge >= 0.3 is 6.11 Å². The van der Waals surface area contributed by atoms with E-state index in [0.717, 1.165) is 7.11 Å². The third kappa shape index (κ3) is 2.50. The van der Waals surface area contributed by atoms with Gasteiger partial charge in [0.1, 0.15) is 5.75 Å². The Morgan fingerprint density at radius 2 is 1.73 bits per heavy atom. The van der Waals surface area contributed by atoms with Crippen molar-refractivity contribution in [3.63, 3.8) is 0 Å². The fraction of sp³-hybridized carbons (Fsp3) is 0.300. The number of alkyl halides is 2. The first kappa shape index (κ1) is 11.6. The summed E-state index contributed by atoms with van der Waals surface area (Å²) in [5.41, 5.74) is -0.123. The fourth-order valence-electron chi connectivity index (χ4n) is 1.00. The number of benzene rings is 1. The molecule has 0 unspecified atom stereocenters. The van der Waals surface area contributed by atoms with E-state index in [0.29, 0.717) is 5.75 Å². The molecule has 5 heteroatoms. The third-order valence-electron chi connectivity index (χ3n) is 1.87. The SMILES string of the molecule is COc1ccc(C(=O)C(F)(F)OC)cc1. The van der Waals surface area contributed by atoms with Crippen molar-refractivity contribution in [1.29, 1.82) is 0 Å². The minimum Gasteiger partial charge on any atom is -0.497 e. The molecule has 0 spiro atoms. The largest absolute Gasteiger partial charge is 0.497 e. The number of carbonyl (C=O) groups excluding carboxylic acids is 1. The average Bonchev–Trinajstić information content (AvgIpc) is 2.28. The fourth-order valence-corrected chi connectivity index (χ4v) is 1.00. The van der Waals surface area contributed by atoms with Gasteiger partial charge < -0.3 is 9.47 Å². The topological polar surface area (TPSA) is 35.5 Å². The number of hydrogen-bond acceptors (Lipinski definition) is 3. The second-order valence-electron chi connectivity index (χ2n) is 2.78. The van der Waals surface area contributed by atoms with Gasteiger partial charge in [-0.05, 0) is 24.3 Å². The summed E-state index contributed by atoms with van der Waals surface area (Å²) >= 11 is 0. The summed E-state index contributed by atoms with van der Waals surface area (Å²) in [5.74, 6) is -0.875. The third-order valence-corrected chi connectivity index (χ3v) is 1.87. The van der Waals surface area contributed by atoms with Crippen molar-refractivity contribution in [1.82, 2.24) is 0 Å². The molecule has 1 aromatic carbocycles. The minimum atomic E-state index is -3.78. The second kappa shape index (κ2) is 4.35. The Hall–Kier alpha value is -1.49. The number of carbonyl (C=O) groups is 1. The zero-order valence-corrected chi connectivity index (χ0v) is 8.29. The lowest BCUT2D eigenvalue weighted by Gasteiger charge is -2.12. The molecule has 1 aromatic rings. The van der Waals surface area contributed by atoms with Gasteiger partial charge in [0.25, 0.3) is 5.78 Å². The lowest BCUT2D eigenvalue weighted by Crippen LogP contribution is -2.30. The highest BCUT2D eigenvalue weighted by Crippen LogP contribution is 2.22. The van der Waals surface area contributed by atoms with Crippen molar-refractivity contribution in [3.05, 3.63) is 29.8 Å². The van der Waals surface area contributed by atoms with Gasteiger partial charge in [-0.15, -0.1) is 0 Å². The van der Waals surface area contributed by atoms with Crippen LogP contribution in [0.1, 0.15) is 10.4 Å². The summed E-state index contributed by atoms with van der Waals surface area (Å²) in [6.07, 6.45) is -3.78. The molecule has 0 saturated carbocycles. The Labute approximate surface area is 85.6 Å². The molecule has 0 aliphatic heterocycles. The lowest BCUT2D eigenvalue weighted by atomic mass is 10.1. The molecule has 3 nitrogen and oxygen atoms in total. The Bertz CT molecular complexity index is 346. The molecule has 0 bridgehead atoms. The van der Waals surface area contributed by atoms with Crippen LogP contribution < -0.4 is 4.74 Å². The van der Waals surface area contributed by atoms with Gasteiger partial charge in [-0.25, -0.2) is 0 Å². The van der Waals surface area contributed by atoms with Gasteiger partial charge in [-0.2, -0.15) is 8.78 Å². The Balaban J connectivity index is 2.92. The standard InChI is InChI=1S/C10H10F2O3/c1-14-8-5-3-7(4-6-8)9(13)10(11,12)15-2/h3-6H,1-2H3. The monoisotopic (exact) mass is 216 g/mol. The molecule has 15 heavy (non-hydrogen) atoms. The number of rotatable bonds is 4. The molecule has 1 rings (SSSR count). The van der Waals surface area contributed by atoms with E-state index < -0.39 is 11.9 Å². The first-order valence-electron chi connectivity index (χ1n) is 4.13. The zero-order chi connectivity index (χ0) is 11.5. The summed E-state index contributed by atoms with van der Waals surface area (Å²) in [7, 11) is 2.22. The van der Waals surface area contributed by atoms with E-state index in [2.05, 4.69) is 4.74 Å². The summed E-state index contributed by atoms with van der Waals surface area (Å²) in [5, 5.41) is 0. The van der Waals surface area contributed by atoms with Crippen LogP contribution in [-0.2, 0) is 4.74 Å². The highest BCUT2D eigenvalue weighted by molar-refractivity contribution is 6.00. The van der Waals surface area contributed by atoms with Crippen LogP contribution >= 0.6 is 0 Å². The van der Waals surface area contributed by atoms with Crippen LogP contribution in [0.3, 0.4) is 0 Å². The van der Waals surface area contributed by atoms with Crippen LogP contribution in [0.2, 0.25) is 0 Å². The molecule has 0 fully saturated rings. The van der Waals surface area contributed by atoms with Crippen molar-refractivity contribution in [3.8, 4) is 5.75 Å². The van der Waals surface area contributed by atoms with Crippen LogP contribution in [0.25, 0.3) is 0 Å². The predicted molar refractivity (Wildman–Crippen MR) is 49.3 cm³/mol. The van der Waals surface area contributed by atoms with Crippen molar-refractivity contribution in [2.45, 2.75) is 6.11 Å². The highest BCUT2D eigenvalue weighted by Gasteiger charge is 2.39. The maximum absolute atomic E-state index is 12.8. The van der Waals surface area contributed by atoms with Crippen LogP contribution in [-0.4, -0.2) is 26.1 Å². The predicted octanol–water partition coefficient (Wildman–Crippen LogP) is 2.12. The van der Waals surface area contributed by atoms with E-state index in [-0.39, 0.29) is 5.56 Å². The van der Waals surface area contributed by atoms with E-state index in [1.807, 2.05) is 0 Å².